The van der Waals surface area contributed by atoms with Crippen LogP contribution >= 0.6 is 0 Å². The van der Waals surface area contributed by atoms with Crippen LogP contribution in [0.3, 0.4) is 0 Å². The molecule has 0 aliphatic carbocycles. The summed E-state index contributed by atoms with van der Waals surface area (Å²) < 4.78 is 0. The van der Waals surface area contributed by atoms with E-state index in [-0.39, 0.29) is 0 Å². The minimum Gasteiger partial charge on any atom is -0.423 e. The van der Waals surface area contributed by atoms with Crippen LogP contribution in [-0.2, 0) is 19.3 Å². The molecule has 0 saturated heterocycles. The topological polar surface area (TPSA) is 105 Å². The maximum absolute atomic E-state index is 9.56. The van der Waals surface area contributed by atoms with Gasteiger partial charge in [0, 0.05) is 24.5 Å². The third-order valence-corrected chi connectivity index (χ3v) is 6.38. The summed E-state index contributed by atoms with van der Waals surface area (Å²) in [6, 6.07) is 31.4. The Morgan fingerprint density at radius 2 is 0.946 bits per heavy atom. The zero-order chi connectivity index (χ0) is 26.0. The molecule has 0 unspecified atom stereocenters. The quantitative estimate of drug-likeness (QED) is 0.168. The lowest BCUT2D eigenvalue weighted by Crippen LogP contribution is -2.33. The minimum absolute atomic E-state index is 0.543. The summed E-state index contributed by atoms with van der Waals surface area (Å²) in [5.74, 6) is 0. The SMILES string of the molecule is OB(O)c1ccccc1CCNc1cccc(Cc2cccc(NCCc3ccccc3B(O)O)c2)c1. The molecule has 0 aliphatic rings. The number of anilines is 2. The van der Waals surface area contributed by atoms with Crippen molar-refractivity contribution < 1.29 is 20.1 Å². The van der Waals surface area contributed by atoms with E-state index >= 15 is 0 Å². The van der Waals surface area contributed by atoms with Crippen LogP contribution in [-0.4, -0.2) is 47.4 Å². The molecule has 4 aromatic rings. The number of nitrogens with one attached hydrogen (secondary N) is 2. The zero-order valence-electron chi connectivity index (χ0n) is 20.7. The zero-order valence-corrected chi connectivity index (χ0v) is 20.7. The van der Waals surface area contributed by atoms with Crippen LogP contribution in [0.15, 0.2) is 97.1 Å². The lowest BCUT2D eigenvalue weighted by atomic mass is 9.76. The van der Waals surface area contributed by atoms with E-state index in [0.29, 0.717) is 36.9 Å². The average molecular weight is 494 g/mol. The van der Waals surface area contributed by atoms with Crippen molar-refractivity contribution in [2.45, 2.75) is 19.3 Å². The van der Waals surface area contributed by atoms with E-state index in [1.807, 2.05) is 48.5 Å². The summed E-state index contributed by atoms with van der Waals surface area (Å²) in [4.78, 5) is 0. The molecule has 0 aliphatic heterocycles. The van der Waals surface area contributed by atoms with Crippen molar-refractivity contribution in [1.82, 2.24) is 0 Å². The smallest absolute Gasteiger partial charge is 0.423 e. The molecule has 0 fully saturated rings. The van der Waals surface area contributed by atoms with Crippen LogP contribution in [0.5, 0.6) is 0 Å². The van der Waals surface area contributed by atoms with Gasteiger partial charge in [-0.1, -0.05) is 72.8 Å². The van der Waals surface area contributed by atoms with E-state index in [4.69, 9.17) is 0 Å². The fourth-order valence-electron chi connectivity index (χ4n) is 4.53. The minimum atomic E-state index is -1.46. The molecule has 0 atom stereocenters. The van der Waals surface area contributed by atoms with Gasteiger partial charge in [0.15, 0.2) is 0 Å². The molecule has 0 aromatic heterocycles. The molecule has 0 heterocycles. The van der Waals surface area contributed by atoms with Gasteiger partial charge in [0.05, 0.1) is 0 Å². The highest BCUT2D eigenvalue weighted by Gasteiger charge is 2.15. The summed E-state index contributed by atoms with van der Waals surface area (Å²) in [5, 5.41) is 45.1. The number of hydrogen-bond donors (Lipinski definition) is 6. The Morgan fingerprint density at radius 1 is 0.514 bits per heavy atom. The van der Waals surface area contributed by atoms with Crippen molar-refractivity contribution in [3.8, 4) is 0 Å². The Labute approximate surface area is 218 Å². The van der Waals surface area contributed by atoms with Gasteiger partial charge in [0.1, 0.15) is 0 Å². The lowest BCUT2D eigenvalue weighted by molar-refractivity contribution is 0.424. The predicted molar refractivity (Wildman–Crippen MR) is 153 cm³/mol. The summed E-state index contributed by atoms with van der Waals surface area (Å²) >= 11 is 0. The first-order valence-electron chi connectivity index (χ1n) is 12.5. The number of hydrogen-bond acceptors (Lipinski definition) is 6. The third-order valence-electron chi connectivity index (χ3n) is 6.38. The first-order valence-corrected chi connectivity index (χ1v) is 12.5. The molecule has 0 saturated carbocycles. The summed E-state index contributed by atoms with van der Waals surface area (Å²) in [5.41, 5.74) is 7.36. The van der Waals surface area contributed by atoms with E-state index in [9.17, 15) is 20.1 Å². The molecule has 188 valence electrons. The van der Waals surface area contributed by atoms with Gasteiger partial charge in [-0.05, 0) is 76.7 Å². The Hall–Kier alpha value is -3.55. The molecule has 37 heavy (non-hydrogen) atoms. The van der Waals surface area contributed by atoms with Crippen molar-refractivity contribution in [2.75, 3.05) is 23.7 Å². The monoisotopic (exact) mass is 494 g/mol. The van der Waals surface area contributed by atoms with Gasteiger partial charge in [-0.15, -0.1) is 0 Å². The van der Waals surface area contributed by atoms with Gasteiger partial charge in [-0.3, -0.25) is 0 Å². The Morgan fingerprint density at radius 3 is 1.38 bits per heavy atom. The Balaban J connectivity index is 1.31. The summed E-state index contributed by atoms with van der Waals surface area (Å²) in [7, 11) is -2.93. The van der Waals surface area contributed by atoms with Gasteiger partial charge in [-0.25, -0.2) is 0 Å². The van der Waals surface area contributed by atoms with E-state index in [2.05, 4.69) is 34.9 Å². The van der Waals surface area contributed by atoms with Crippen LogP contribution in [0.1, 0.15) is 22.3 Å². The molecular weight excluding hydrogens is 462 g/mol. The molecule has 0 radical (unpaired) electrons. The van der Waals surface area contributed by atoms with Crippen molar-refractivity contribution in [3.63, 3.8) is 0 Å². The maximum atomic E-state index is 9.56. The van der Waals surface area contributed by atoms with Crippen LogP contribution in [0, 0.1) is 0 Å². The Bertz CT molecular complexity index is 1200. The van der Waals surface area contributed by atoms with Crippen LogP contribution in [0.4, 0.5) is 11.4 Å². The molecule has 4 rings (SSSR count). The second kappa shape index (κ2) is 13.1. The van der Waals surface area contributed by atoms with Crippen molar-refractivity contribution in [3.05, 3.63) is 119 Å². The standard InChI is InChI=1S/C29H32B2N2O4/c34-30(35)28-13-3-1-9-24(28)15-17-32-26-11-5-7-22(20-26)19-23-8-6-12-27(21-23)33-18-16-25-10-2-4-14-29(25)31(36)37/h1-14,20-21,32-37H,15-19H2. The largest absolute Gasteiger partial charge is 0.488 e. The van der Waals surface area contributed by atoms with Crippen molar-refractivity contribution in [2.24, 2.45) is 0 Å². The highest BCUT2D eigenvalue weighted by atomic mass is 16.4. The third kappa shape index (κ3) is 7.71. The molecule has 0 amide bonds. The number of benzene rings is 4. The van der Waals surface area contributed by atoms with Crippen LogP contribution in [0.25, 0.3) is 0 Å². The molecule has 6 nitrogen and oxygen atoms in total. The van der Waals surface area contributed by atoms with E-state index < -0.39 is 14.2 Å². The first-order chi connectivity index (χ1) is 18.0. The van der Waals surface area contributed by atoms with E-state index in [0.717, 1.165) is 28.9 Å². The molecule has 0 spiro atoms. The first kappa shape index (κ1) is 26.5. The summed E-state index contributed by atoms with van der Waals surface area (Å²) in [6.07, 6.45) is 2.17. The molecule has 8 heteroatoms. The van der Waals surface area contributed by atoms with Gasteiger partial charge in [0.25, 0.3) is 0 Å². The van der Waals surface area contributed by atoms with Crippen LogP contribution < -0.4 is 21.6 Å². The molecule has 4 aromatic carbocycles. The van der Waals surface area contributed by atoms with Gasteiger partial charge >= 0.3 is 14.2 Å². The van der Waals surface area contributed by atoms with Gasteiger partial charge in [-0.2, -0.15) is 0 Å². The summed E-state index contributed by atoms with van der Waals surface area (Å²) in [6.45, 7) is 1.37. The van der Waals surface area contributed by atoms with Crippen LogP contribution in [0.2, 0.25) is 0 Å². The van der Waals surface area contributed by atoms with E-state index in [1.54, 1.807) is 24.3 Å². The fraction of sp³-hybridized carbons (Fsp3) is 0.172. The number of rotatable bonds is 12. The van der Waals surface area contributed by atoms with Gasteiger partial charge < -0.3 is 30.7 Å². The molecular formula is C29H32B2N2O4. The second-order valence-corrected chi connectivity index (χ2v) is 9.08. The van der Waals surface area contributed by atoms with Crippen molar-refractivity contribution >= 4 is 36.5 Å². The predicted octanol–water partition coefficient (Wildman–Crippen LogP) is 1.95. The average Bonchev–Trinajstić information content (AvgIpc) is 2.89. The maximum Gasteiger partial charge on any atom is 0.488 e. The second-order valence-electron chi connectivity index (χ2n) is 9.08. The highest BCUT2D eigenvalue weighted by molar-refractivity contribution is 6.59. The fourth-order valence-corrected chi connectivity index (χ4v) is 4.53. The lowest BCUT2D eigenvalue weighted by Gasteiger charge is -2.12. The van der Waals surface area contributed by atoms with Gasteiger partial charge in [0.2, 0.25) is 0 Å². The molecule has 6 N–H and O–H groups in total. The van der Waals surface area contributed by atoms with E-state index in [1.165, 1.54) is 11.1 Å². The normalized spacial score (nSPS) is 10.7. The highest BCUT2D eigenvalue weighted by Crippen LogP contribution is 2.18. The molecule has 0 bridgehead atoms. The Kier molecular flexibility index (Phi) is 9.40. The van der Waals surface area contributed by atoms with Crippen molar-refractivity contribution in [1.29, 1.82) is 0 Å².